The summed E-state index contributed by atoms with van der Waals surface area (Å²) in [6.07, 6.45) is 4.97. The number of unbranched alkanes of at least 4 members (excludes halogenated alkanes) is 2. The number of rotatable bonds is 16. The predicted octanol–water partition coefficient (Wildman–Crippen LogP) is 4.74. The highest BCUT2D eigenvalue weighted by molar-refractivity contribution is 9.09. The van der Waals surface area contributed by atoms with Crippen molar-refractivity contribution in [3.05, 3.63) is 73.8 Å². The lowest BCUT2D eigenvalue weighted by atomic mass is 9.70. The van der Waals surface area contributed by atoms with Gasteiger partial charge in [0.05, 0.1) is 31.7 Å². The van der Waals surface area contributed by atoms with Crippen LogP contribution in [0.3, 0.4) is 0 Å². The fourth-order valence-corrected chi connectivity index (χ4v) is 8.33. The second-order valence-corrected chi connectivity index (χ2v) is 13.3. The molecule has 1 N–H and O–H groups in total. The Morgan fingerprint density at radius 2 is 1.60 bits per heavy atom. The Morgan fingerprint density at radius 3 is 2.15 bits per heavy atom. The van der Waals surface area contributed by atoms with Gasteiger partial charge in [0.1, 0.15) is 23.1 Å². The normalized spacial score (nSPS) is 25.7. The number of likely N-dealkylation sites (tertiary alicyclic amines) is 1. The highest BCUT2D eigenvalue weighted by Crippen LogP contribution is 2.60. The van der Waals surface area contributed by atoms with Gasteiger partial charge in [-0.05, 0) is 81.1 Å². The fourth-order valence-electron chi connectivity index (χ4n) is 7.38. The molecule has 3 amide bonds. The van der Waals surface area contributed by atoms with Gasteiger partial charge in [0.15, 0.2) is 0 Å². The van der Waals surface area contributed by atoms with E-state index in [0.717, 1.165) is 0 Å². The fraction of sp³-hybridized carbons (Fsp3) is 0.472. The number of nitrogens with zero attached hydrogens (tertiary/aromatic N) is 3. The molecule has 5 rings (SSSR count). The maximum absolute atomic E-state index is 14.8. The zero-order valence-electron chi connectivity index (χ0n) is 27.1. The third-order valence-corrected chi connectivity index (χ3v) is 10.2. The van der Waals surface area contributed by atoms with Crippen LogP contribution in [-0.4, -0.2) is 90.3 Å². The Balaban J connectivity index is 1.54. The minimum atomic E-state index is -1.21. The van der Waals surface area contributed by atoms with Crippen LogP contribution in [0.5, 0.6) is 11.5 Å². The minimum absolute atomic E-state index is 0.0464. The lowest BCUT2D eigenvalue weighted by Gasteiger charge is -2.37. The zero-order valence-corrected chi connectivity index (χ0v) is 28.6. The second kappa shape index (κ2) is 15.0. The van der Waals surface area contributed by atoms with Crippen LogP contribution < -0.4 is 19.3 Å². The average Bonchev–Trinajstić information content (AvgIpc) is 3.67. The summed E-state index contributed by atoms with van der Waals surface area (Å²) >= 11 is 3.78. The summed E-state index contributed by atoms with van der Waals surface area (Å²) in [5.41, 5.74) is 0.0674. The van der Waals surface area contributed by atoms with Crippen molar-refractivity contribution in [2.24, 2.45) is 11.8 Å². The van der Waals surface area contributed by atoms with Crippen LogP contribution in [0, 0.1) is 11.8 Å². The number of anilines is 2. The van der Waals surface area contributed by atoms with Crippen molar-refractivity contribution in [3.8, 4) is 11.5 Å². The van der Waals surface area contributed by atoms with Gasteiger partial charge in [0, 0.05) is 42.4 Å². The smallest absolute Gasteiger partial charge is 0.253 e. The van der Waals surface area contributed by atoms with Gasteiger partial charge in [-0.25, -0.2) is 0 Å². The highest BCUT2D eigenvalue weighted by atomic mass is 79.9. The number of benzene rings is 2. The second-order valence-electron chi connectivity index (χ2n) is 12.1. The first-order valence-electron chi connectivity index (χ1n) is 16.2. The molecule has 47 heavy (non-hydrogen) atoms. The largest absolute Gasteiger partial charge is 0.497 e. The Morgan fingerprint density at radius 1 is 1.00 bits per heavy atom. The summed E-state index contributed by atoms with van der Waals surface area (Å²) in [5.74, 6) is -1.14. The van der Waals surface area contributed by atoms with Crippen LogP contribution in [0.15, 0.2) is 73.8 Å². The van der Waals surface area contributed by atoms with Gasteiger partial charge in [-0.1, -0.05) is 28.1 Å². The first-order chi connectivity index (χ1) is 22.8. The number of alkyl halides is 1. The molecule has 0 radical (unpaired) electrons. The number of hydrogen-bond acceptors (Lipinski definition) is 7. The van der Waals surface area contributed by atoms with Crippen LogP contribution >= 0.6 is 15.9 Å². The van der Waals surface area contributed by atoms with Crippen molar-refractivity contribution in [2.75, 3.05) is 49.8 Å². The van der Waals surface area contributed by atoms with Gasteiger partial charge in [-0.15, -0.1) is 13.2 Å². The number of carbonyl (C=O) groups is 3. The standard InChI is InChI=1S/C36H44BrN3O7/c1-5-19-38(24-13-17-27(18-14-24)46-7-3)33(42)29-30-34(43)40(21-9-8-10-22-41)32(36(30)23-28(37)31(29)47-36)35(44)39(20-6-2)25-11-15-26(45-4)16-12-25/h5-6,11-18,28-32,41H,1-2,7-10,19-23H2,3-4H3/t28?,29-,30+,31-,32?,36?/m1/s1. The quantitative estimate of drug-likeness (QED) is 0.152. The summed E-state index contributed by atoms with van der Waals surface area (Å²) in [5, 5.41) is 9.38. The SMILES string of the molecule is C=CCN(C(=O)C1N(CCCCCO)C(=O)[C@@H]2[C@@H](C(=O)N(CC=C)c3ccc(OCC)cc3)[C@@H]3OC12CC3Br)c1ccc(OC)cc1. The molecule has 2 aromatic rings. The summed E-state index contributed by atoms with van der Waals surface area (Å²) in [6.45, 7) is 11.0. The van der Waals surface area contributed by atoms with E-state index in [1.54, 1.807) is 58.2 Å². The number of halogens is 1. The zero-order chi connectivity index (χ0) is 33.7. The molecular weight excluding hydrogens is 666 g/mol. The molecule has 3 fully saturated rings. The van der Waals surface area contributed by atoms with Crippen molar-refractivity contribution in [1.29, 1.82) is 0 Å². The Kier molecular flexibility index (Phi) is 11.1. The number of carbonyl (C=O) groups excluding carboxylic acids is 3. The molecule has 3 saturated heterocycles. The van der Waals surface area contributed by atoms with Gasteiger partial charge in [-0.3, -0.25) is 14.4 Å². The summed E-state index contributed by atoms with van der Waals surface area (Å²) in [6, 6.07) is 13.5. The van der Waals surface area contributed by atoms with E-state index < -0.39 is 29.6 Å². The summed E-state index contributed by atoms with van der Waals surface area (Å²) < 4.78 is 17.7. The van der Waals surface area contributed by atoms with E-state index in [0.29, 0.717) is 61.7 Å². The van der Waals surface area contributed by atoms with Crippen LogP contribution in [0.4, 0.5) is 11.4 Å². The Bertz CT molecular complexity index is 1450. The Labute approximate surface area is 285 Å². The molecule has 3 aliphatic rings. The van der Waals surface area contributed by atoms with E-state index in [9.17, 15) is 19.5 Å². The van der Waals surface area contributed by atoms with Gasteiger partial charge in [-0.2, -0.15) is 0 Å². The number of hydrogen-bond donors (Lipinski definition) is 1. The van der Waals surface area contributed by atoms with Crippen LogP contribution in [-0.2, 0) is 19.1 Å². The third-order valence-electron chi connectivity index (χ3n) is 9.36. The first kappa shape index (κ1) is 34.7. The van der Waals surface area contributed by atoms with Gasteiger partial charge in [0.2, 0.25) is 11.8 Å². The molecule has 2 aromatic carbocycles. The van der Waals surface area contributed by atoms with Crippen LogP contribution in [0.1, 0.15) is 32.6 Å². The maximum atomic E-state index is 14.8. The van der Waals surface area contributed by atoms with E-state index >= 15 is 0 Å². The number of amides is 3. The molecule has 10 nitrogen and oxygen atoms in total. The lowest BCUT2D eigenvalue weighted by Crippen LogP contribution is -2.57. The molecule has 6 atom stereocenters. The molecular formula is C36H44BrN3O7. The number of methoxy groups -OCH3 is 1. The lowest BCUT2D eigenvalue weighted by molar-refractivity contribution is -0.140. The Hall–Kier alpha value is -3.67. The molecule has 11 heteroatoms. The number of aliphatic hydroxyl groups excluding tert-OH is 1. The molecule has 0 aromatic heterocycles. The molecule has 0 saturated carbocycles. The molecule has 3 heterocycles. The predicted molar refractivity (Wildman–Crippen MR) is 184 cm³/mol. The molecule has 252 valence electrons. The average molecular weight is 711 g/mol. The number of aliphatic hydroxyl groups is 1. The van der Waals surface area contributed by atoms with Crippen molar-refractivity contribution in [1.82, 2.24) is 4.90 Å². The maximum Gasteiger partial charge on any atom is 0.253 e. The van der Waals surface area contributed by atoms with Crippen LogP contribution in [0.25, 0.3) is 0 Å². The molecule has 2 bridgehead atoms. The van der Waals surface area contributed by atoms with Gasteiger partial charge in [0.25, 0.3) is 5.91 Å². The van der Waals surface area contributed by atoms with Crippen LogP contribution in [0.2, 0.25) is 0 Å². The van der Waals surface area contributed by atoms with Crippen molar-refractivity contribution in [2.45, 2.75) is 55.2 Å². The van der Waals surface area contributed by atoms with Crippen molar-refractivity contribution in [3.63, 3.8) is 0 Å². The molecule has 3 unspecified atom stereocenters. The van der Waals surface area contributed by atoms with Gasteiger partial charge >= 0.3 is 0 Å². The van der Waals surface area contributed by atoms with E-state index in [4.69, 9.17) is 14.2 Å². The third kappa shape index (κ3) is 6.45. The van der Waals surface area contributed by atoms with Crippen molar-refractivity contribution < 1.29 is 33.7 Å². The minimum Gasteiger partial charge on any atom is -0.497 e. The molecule has 0 aliphatic carbocycles. The van der Waals surface area contributed by atoms with E-state index in [2.05, 4.69) is 29.1 Å². The molecule has 3 aliphatic heterocycles. The number of fused-ring (bicyclic) bond motifs is 1. The van der Waals surface area contributed by atoms with E-state index in [-0.39, 0.29) is 42.2 Å². The molecule has 1 spiro atoms. The van der Waals surface area contributed by atoms with Gasteiger partial charge < -0.3 is 34.0 Å². The number of ether oxygens (including phenoxy) is 3. The monoisotopic (exact) mass is 709 g/mol. The van der Waals surface area contributed by atoms with E-state index in [1.807, 2.05) is 31.2 Å². The summed E-state index contributed by atoms with van der Waals surface area (Å²) in [7, 11) is 1.58. The summed E-state index contributed by atoms with van der Waals surface area (Å²) in [4.78, 5) is 48.6. The van der Waals surface area contributed by atoms with Crippen molar-refractivity contribution >= 4 is 45.0 Å². The first-order valence-corrected chi connectivity index (χ1v) is 17.1. The highest BCUT2D eigenvalue weighted by Gasteiger charge is 2.77. The van der Waals surface area contributed by atoms with E-state index in [1.165, 1.54) is 0 Å². The topological polar surface area (TPSA) is 109 Å².